The molecule has 2 rings (SSSR count). The molecule has 0 aliphatic carbocycles. The van der Waals surface area contributed by atoms with Crippen molar-refractivity contribution in [2.45, 2.75) is 25.9 Å². The Morgan fingerprint density at radius 1 is 1.67 bits per heavy atom. The molecule has 2 unspecified atom stereocenters. The summed E-state index contributed by atoms with van der Waals surface area (Å²) in [6, 6.07) is -1.09. The van der Waals surface area contributed by atoms with Gasteiger partial charge in [0.1, 0.15) is 11.9 Å². The van der Waals surface area contributed by atoms with E-state index in [-0.39, 0.29) is 18.5 Å². The number of hydrogen-bond donors (Lipinski definition) is 3. The van der Waals surface area contributed by atoms with Crippen molar-refractivity contribution >= 4 is 12.0 Å². The Labute approximate surface area is 104 Å². The minimum Gasteiger partial charge on any atom is -0.480 e. The lowest BCUT2D eigenvalue weighted by Gasteiger charge is -2.23. The Balaban J connectivity index is 1.94. The fraction of sp³-hybridized carbons (Fsp3) is 0.545. The molecule has 2 amide bonds. The predicted molar refractivity (Wildman–Crippen MR) is 62.7 cm³/mol. The zero-order chi connectivity index (χ0) is 13.1. The van der Waals surface area contributed by atoms with Crippen LogP contribution in [0.25, 0.3) is 0 Å². The number of nitrogens with one attached hydrogen (secondary N) is 2. The van der Waals surface area contributed by atoms with E-state index in [1.165, 1.54) is 4.90 Å². The molecule has 18 heavy (non-hydrogen) atoms. The number of imidazole rings is 1. The van der Waals surface area contributed by atoms with Crippen LogP contribution in [0.5, 0.6) is 0 Å². The summed E-state index contributed by atoms with van der Waals surface area (Å²) in [6.07, 6.45) is 3.98. The molecule has 2 heterocycles. The smallest absolute Gasteiger partial charge is 0.326 e. The van der Waals surface area contributed by atoms with Gasteiger partial charge in [0.05, 0.1) is 6.54 Å². The van der Waals surface area contributed by atoms with E-state index in [1.54, 1.807) is 12.4 Å². The van der Waals surface area contributed by atoms with E-state index >= 15 is 0 Å². The predicted octanol–water partition coefficient (Wildman–Crippen LogP) is 0.414. The van der Waals surface area contributed by atoms with Gasteiger partial charge in [-0.2, -0.15) is 0 Å². The fourth-order valence-electron chi connectivity index (χ4n) is 2.21. The van der Waals surface area contributed by atoms with Crippen LogP contribution >= 0.6 is 0 Å². The molecule has 0 saturated carbocycles. The highest BCUT2D eigenvalue weighted by Crippen LogP contribution is 2.23. The number of hydrogen-bond acceptors (Lipinski definition) is 3. The molecule has 0 aromatic carbocycles. The molecule has 1 aliphatic rings. The number of nitrogens with zero attached hydrogens (tertiary/aromatic N) is 2. The Morgan fingerprint density at radius 3 is 3.06 bits per heavy atom. The fourth-order valence-corrected chi connectivity index (χ4v) is 2.21. The molecular formula is C11H16N4O3. The second-order valence-corrected chi connectivity index (χ2v) is 4.44. The van der Waals surface area contributed by atoms with Crippen LogP contribution in [-0.4, -0.2) is 44.6 Å². The van der Waals surface area contributed by atoms with Crippen LogP contribution < -0.4 is 5.32 Å². The van der Waals surface area contributed by atoms with E-state index in [4.69, 9.17) is 5.11 Å². The number of aliphatic carboxylic acids is 1. The topological polar surface area (TPSA) is 98.3 Å². The zero-order valence-electron chi connectivity index (χ0n) is 10.1. The Kier molecular flexibility index (Phi) is 3.50. The van der Waals surface area contributed by atoms with Crippen LogP contribution in [0.2, 0.25) is 0 Å². The van der Waals surface area contributed by atoms with Crippen molar-refractivity contribution in [2.75, 3.05) is 6.54 Å². The van der Waals surface area contributed by atoms with Gasteiger partial charge in [-0.1, -0.05) is 6.92 Å². The van der Waals surface area contributed by atoms with E-state index in [1.807, 2.05) is 6.92 Å². The average Bonchev–Trinajstić information content (AvgIpc) is 2.94. The van der Waals surface area contributed by atoms with E-state index < -0.39 is 12.0 Å². The molecule has 0 spiro atoms. The number of amides is 2. The number of aromatic amines is 1. The van der Waals surface area contributed by atoms with Crippen LogP contribution in [0.1, 0.15) is 19.2 Å². The minimum atomic E-state index is -0.951. The van der Waals surface area contributed by atoms with E-state index in [0.29, 0.717) is 18.8 Å². The van der Waals surface area contributed by atoms with Gasteiger partial charge in [-0.15, -0.1) is 0 Å². The van der Waals surface area contributed by atoms with Crippen molar-refractivity contribution in [3.05, 3.63) is 18.2 Å². The van der Waals surface area contributed by atoms with Gasteiger partial charge in [-0.25, -0.2) is 14.6 Å². The average molecular weight is 252 g/mol. The summed E-state index contributed by atoms with van der Waals surface area (Å²) in [7, 11) is 0. The summed E-state index contributed by atoms with van der Waals surface area (Å²) in [6.45, 7) is 2.59. The maximum atomic E-state index is 11.9. The number of carboxylic acid groups (broad SMARTS) is 1. The lowest BCUT2D eigenvalue weighted by molar-refractivity contribution is -0.142. The Morgan fingerprint density at radius 2 is 2.44 bits per heavy atom. The normalized spacial score (nSPS) is 23.1. The van der Waals surface area contributed by atoms with Gasteiger partial charge in [-0.05, 0) is 12.3 Å². The van der Waals surface area contributed by atoms with Crippen LogP contribution in [0.15, 0.2) is 12.4 Å². The molecule has 1 saturated heterocycles. The number of carboxylic acids is 1. The number of carbonyl (C=O) groups is 2. The van der Waals surface area contributed by atoms with Crippen molar-refractivity contribution in [3.63, 3.8) is 0 Å². The van der Waals surface area contributed by atoms with Crippen molar-refractivity contribution < 1.29 is 14.7 Å². The highest BCUT2D eigenvalue weighted by molar-refractivity contribution is 5.83. The Hall–Kier alpha value is -2.05. The molecule has 7 nitrogen and oxygen atoms in total. The lowest BCUT2D eigenvalue weighted by Crippen LogP contribution is -2.47. The highest BCUT2D eigenvalue weighted by atomic mass is 16.4. The molecule has 98 valence electrons. The van der Waals surface area contributed by atoms with Gasteiger partial charge in [0, 0.05) is 18.9 Å². The first-order valence-electron chi connectivity index (χ1n) is 5.85. The van der Waals surface area contributed by atoms with E-state index in [9.17, 15) is 9.59 Å². The molecular weight excluding hydrogens is 236 g/mol. The van der Waals surface area contributed by atoms with Crippen LogP contribution in [0.4, 0.5) is 4.79 Å². The third-order valence-electron chi connectivity index (χ3n) is 3.18. The molecule has 0 radical (unpaired) electrons. The molecule has 1 aromatic heterocycles. The van der Waals surface area contributed by atoms with Gasteiger partial charge in [0.2, 0.25) is 0 Å². The number of likely N-dealkylation sites (tertiary alicyclic amines) is 1. The number of aromatic nitrogens is 2. The van der Waals surface area contributed by atoms with Crippen LogP contribution in [0, 0.1) is 5.92 Å². The van der Waals surface area contributed by atoms with Crippen molar-refractivity contribution in [1.82, 2.24) is 20.2 Å². The summed E-state index contributed by atoms with van der Waals surface area (Å²) >= 11 is 0. The lowest BCUT2D eigenvalue weighted by atomic mass is 10.0. The first kappa shape index (κ1) is 12.4. The summed E-state index contributed by atoms with van der Waals surface area (Å²) in [5.74, 6) is -0.326. The minimum absolute atomic E-state index is 0.0168. The molecule has 1 aromatic rings. The number of carbonyl (C=O) groups excluding carboxylic acids is 1. The van der Waals surface area contributed by atoms with Gasteiger partial charge in [0.15, 0.2) is 0 Å². The summed E-state index contributed by atoms with van der Waals surface area (Å²) in [4.78, 5) is 31.2. The molecule has 1 aliphatic heterocycles. The number of rotatable bonds is 3. The zero-order valence-corrected chi connectivity index (χ0v) is 10.1. The largest absolute Gasteiger partial charge is 0.480 e. The van der Waals surface area contributed by atoms with Gasteiger partial charge >= 0.3 is 12.0 Å². The second-order valence-electron chi connectivity index (χ2n) is 4.44. The van der Waals surface area contributed by atoms with Crippen molar-refractivity contribution in [2.24, 2.45) is 5.92 Å². The second kappa shape index (κ2) is 5.07. The third kappa shape index (κ3) is 2.44. The van der Waals surface area contributed by atoms with Crippen LogP contribution in [0.3, 0.4) is 0 Å². The van der Waals surface area contributed by atoms with Gasteiger partial charge in [0.25, 0.3) is 0 Å². The van der Waals surface area contributed by atoms with Crippen LogP contribution in [-0.2, 0) is 11.3 Å². The molecule has 7 heteroatoms. The third-order valence-corrected chi connectivity index (χ3v) is 3.18. The SMILES string of the molecule is CC1CCN(C(=O)NCc2ncc[nH]2)C1C(=O)O. The summed E-state index contributed by atoms with van der Waals surface area (Å²) in [5, 5.41) is 11.8. The number of H-pyrrole nitrogens is 1. The maximum absolute atomic E-state index is 11.9. The monoisotopic (exact) mass is 252 g/mol. The quantitative estimate of drug-likeness (QED) is 0.725. The first-order valence-corrected chi connectivity index (χ1v) is 5.85. The highest BCUT2D eigenvalue weighted by Gasteiger charge is 2.39. The molecule has 2 atom stereocenters. The summed E-state index contributed by atoms with van der Waals surface area (Å²) < 4.78 is 0. The number of urea groups is 1. The maximum Gasteiger partial charge on any atom is 0.326 e. The molecule has 0 bridgehead atoms. The van der Waals surface area contributed by atoms with E-state index in [0.717, 1.165) is 0 Å². The van der Waals surface area contributed by atoms with Gasteiger partial charge < -0.3 is 20.3 Å². The molecule has 3 N–H and O–H groups in total. The Bertz CT molecular complexity index is 432. The van der Waals surface area contributed by atoms with E-state index in [2.05, 4.69) is 15.3 Å². The van der Waals surface area contributed by atoms with Gasteiger partial charge in [-0.3, -0.25) is 0 Å². The first-order chi connectivity index (χ1) is 8.59. The van der Waals surface area contributed by atoms with Crippen molar-refractivity contribution in [3.8, 4) is 0 Å². The molecule has 1 fully saturated rings. The van der Waals surface area contributed by atoms with Crippen molar-refractivity contribution in [1.29, 1.82) is 0 Å². The summed E-state index contributed by atoms with van der Waals surface area (Å²) in [5.41, 5.74) is 0. The standard InChI is InChI=1S/C11H16N4O3/c1-7-2-5-15(9(7)10(16)17)11(18)14-6-8-12-3-4-13-8/h3-4,7,9H,2,5-6H2,1H3,(H,12,13)(H,14,18)(H,16,17).